The maximum absolute atomic E-state index is 13.3. The fourth-order valence-electron chi connectivity index (χ4n) is 4.38. The van der Waals surface area contributed by atoms with Crippen LogP contribution < -0.4 is 11.3 Å². The largest absolute Gasteiger partial charge is 0.501 e. The molecule has 2 heterocycles. The molecule has 0 unspecified atom stereocenters. The molecule has 2 amide bonds. The van der Waals surface area contributed by atoms with E-state index in [0.29, 0.717) is 0 Å². The van der Waals surface area contributed by atoms with Crippen molar-refractivity contribution in [1.82, 2.24) is 14.5 Å². The van der Waals surface area contributed by atoms with Gasteiger partial charge in [-0.05, 0) is 25.0 Å². The predicted molar refractivity (Wildman–Crippen MR) is 119 cm³/mol. The van der Waals surface area contributed by atoms with Gasteiger partial charge in [0, 0.05) is 18.5 Å². The van der Waals surface area contributed by atoms with E-state index in [4.69, 9.17) is 5.73 Å². The molecule has 0 fully saturated rings. The van der Waals surface area contributed by atoms with Crippen LogP contribution >= 0.6 is 0 Å². The van der Waals surface area contributed by atoms with Crippen molar-refractivity contribution >= 4 is 11.8 Å². The molecule has 0 spiro atoms. The molecule has 0 saturated heterocycles. The Morgan fingerprint density at radius 2 is 1.56 bits per heavy atom. The van der Waals surface area contributed by atoms with Gasteiger partial charge in [0.15, 0.2) is 5.69 Å². The number of fused-ring (bicyclic) bond motifs is 1. The third-order valence-electron chi connectivity index (χ3n) is 5.83. The molecule has 1 aromatic heterocycles. The molecule has 1 aliphatic rings. The first kappa shape index (κ1) is 21.3. The van der Waals surface area contributed by atoms with Crippen molar-refractivity contribution < 1.29 is 14.7 Å². The van der Waals surface area contributed by atoms with Gasteiger partial charge >= 0.3 is 5.56 Å². The summed E-state index contributed by atoms with van der Waals surface area (Å²) in [6, 6.07) is 18.6. The van der Waals surface area contributed by atoms with Crippen LogP contribution in [0.4, 0.5) is 0 Å². The molecular weight excluding hydrogens is 408 g/mol. The first-order valence-electron chi connectivity index (χ1n) is 10.4. The molecule has 3 aromatic rings. The predicted octanol–water partition coefficient (Wildman–Crippen LogP) is 2.29. The minimum absolute atomic E-state index is 0.203. The highest BCUT2D eigenvalue weighted by atomic mass is 16.3. The van der Waals surface area contributed by atoms with Gasteiger partial charge in [-0.1, -0.05) is 60.7 Å². The first-order chi connectivity index (χ1) is 15.3. The Labute approximate surface area is 184 Å². The number of amides is 2. The van der Waals surface area contributed by atoms with E-state index in [0.717, 1.165) is 11.1 Å². The molecule has 2 aromatic carbocycles. The molecule has 0 saturated carbocycles. The Balaban J connectivity index is 2.06. The topological polar surface area (TPSA) is 119 Å². The van der Waals surface area contributed by atoms with E-state index >= 15 is 0 Å². The smallest absolute Gasteiger partial charge is 0.316 e. The highest BCUT2D eigenvalue weighted by Gasteiger charge is 2.42. The second kappa shape index (κ2) is 8.30. The van der Waals surface area contributed by atoms with Crippen molar-refractivity contribution in [2.45, 2.75) is 31.8 Å². The van der Waals surface area contributed by atoms with Crippen molar-refractivity contribution in [2.75, 3.05) is 6.54 Å². The van der Waals surface area contributed by atoms with E-state index < -0.39 is 29.2 Å². The van der Waals surface area contributed by atoms with Crippen LogP contribution in [-0.2, 0) is 0 Å². The summed E-state index contributed by atoms with van der Waals surface area (Å²) in [4.78, 5) is 43.2. The van der Waals surface area contributed by atoms with Crippen LogP contribution in [0.25, 0.3) is 0 Å². The second-order valence-electron chi connectivity index (χ2n) is 8.09. The number of nitrogens with zero attached hydrogens (tertiary/aromatic N) is 3. The fraction of sp³-hybridized carbons (Fsp3) is 0.250. The maximum atomic E-state index is 13.3. The van der Waals surface area contributed by atoms with Crippen LogP contribution in [0.2, 0.25) is 0 Å². The van der Waals surface area contributed by atoms with E-state index in [1.165, 1.54) is 4.57 Å². The molecule has 32 heavy (non-hydrogen) atoms. The minimum atomic E-state index is -1.06. The molecule has 3 N–H and O–H groups in total. The van der Waals surface area contributed by atoms with E-state index in [1.54, 1.807) is 4.90 Å². The summed E-state index contributed by atoms with van der Waals surface area (Å²) in [5.41, 5.74) is 6.14. The monoisotopic (exact) mass is 432 g/mol. The van der Waals surface area contributed by atoms with Crippen molar-refractivity contribution in [2.24, 2.45) is 5.73 Å². The number of primary amides is 1. The summed E-state index contributed by atoms with van der Waals surface area (Å²) >= 11 is 0. The Kier molecular flexibility index (Phi) is 5.52. The molecule has 8 nitrogen and oxygen atoms in total. The molecule has 1 aliphatic heterocycles. The van der Waals surface area contributed by atoms with Crippen molar-refractivity contribution in [3.8, 4) is 5.75 Å². The van der Waals surface area contributed by atoms with Gasteiger partial charge < -0.3 is 20.3 Å². The van der Waals surface area contributed by atoms with Gasteiger partial charge in [0.1, 0.15) is 0 Å². The normalized spacial score (nSPS) is 15.8. The average Bonchev–Trinajstić information content (AvgIpc) is 2.78. The highest BCUT2D eigenvalue weighted by molar-refractivity contribution is 5.98. The lowest BCUT2D eigenvalue weighted by atomic mass is 9.83. The minimum Gasteiger partial charge on any atom is -0.501 e. The van der Waals surface area contributed by atoms with Crippen LogP contribution in [0.15, 0.2) is 65.5 Å². The molecule has 1 atom stereocenters. The third kappa shape index (κ3) is 3.53. The molecule has 0 bridgehead atoms. The molecule has 0 aliphatic carbocycles. The number of benzene rings is 2. The second-order valence-corrected chi connectivity index (χ2v) is 8.09. The van der Waals surface area contributed by atoms with E-state index in [1.807, 2.05) is 74.5 Å². The number of carbonyl (C=O) groups excluding carboxylic acids is 2. The lowest BCUT2D eigenvalue weighted by Gasteiger charge is -2.42. The molecule has 164 valence electrons. The zero-order chi connectivity index (χ0) is 23.0. The van der Waals surface area contributed by atoms with Crippen LogP contribution in [0.3, 0.4) is 0 Å². The summed E-state index contributed by atoms with van der Waals surface area (Å²) < 4.78 is 1.35. The lowest BCUT2D eigenvalue weighted by molar-refractivity contribution is 0.0580. The highest BCUT2D eigenvalue weighted by Crippen LogP contribution is 2.40. The van der Waals surface area contributed by atoms with Crippen LogP contribution in [-0.4, -0.2) is 44.0 Å². The number of aromatic nitrogens is 2. The zero-order valence-electron chi connectivity index (χ0n) is 17.8. The molecule has 4 rings (SSSR count). The van der Waals surface area contributed by atoms with E-state index in [-0.39, 0.29) is 30.0 Å². The Bertz CT molecular complexity index is 1180. The van der Waals surface area contributed by atoms with Gasteiger partial charge in [0.25, 0.3) is 11.8 Å². The summed E-state index contributed by atoms with van der Waals surface area (Å²) in [6.45, 7) is 3.95. The third-order valence-corrected chi connectivity index (χ3v) is 5.83. The molecule has 0 radical (unpaired) electrons. The maximum Gasteiger partial charge on any atom is 0.316 e. The Morgan fingerprint density at radius 3 is 2.03 bits per heavy atom. The van der Waals surface area contributed by atoms with Crippen molar-refractivity contribution in [1.29, 1.82) is 0 Å². The van der Waals surface area contributed by atoms with Crippen LogP contribution in [0, 0.1) is 0 Å². The molecular formula is C24H24N4O4. The number of nitrogens with two attached hydrogens (primary N) is 1. The number of aromatic hydroxyl groups is 1. The SMILES string of the molecule is CC(C)N1C[C@H](C(c2ccccc2)c2ccccc2)n2c(C(N)=O)nc(=O)c(O)c2C1=O. The van der Waals surface area contributed by atoms with Crippen molar-refractivity contribution in [3.63, 3.8) is 0 Å². The number of hydrogen-bond donors (Lipinski definition) is 2. The van der Waals surface area contributed by atoms with Crippen LogP contribution in [0.5, 0.6) is 5.75 Å². The van der Waals surface area contributed by atoms with Gasteiger partial charge in [-0.15, -0.1) is 0 Å². The first-order valence-corrected chi connectivity index (χ1v) is 10.4. The van der Waals surface area contributed by atoms with Gasteiger partial charge in [0.05, 0.1) is 6.04 Å². The summed E-state index contributed by atoms with van der Waals surface area (Å²) in [7, 11) is 0. The number of hydrogen-bond acceptors (Lipinski definition) is 5. The van der Waals surface area contributed by atoms with E-state index in [9.17, 15) is 19.5 Å². The van der Waals surface area contributed by atoms with Crippen LogP contribution in [0.1, 0.15) is 58.0 Å². The van der Waals surface area contributed by atoms with E-state index in [2.05, 4.69) is 4.98 Å². The van der Waals surface area contributed by atoms with Gasteiger partial charge in [0.2, 0.25) is 11.6 Å². The Morgan fingerprint density at radius 1 is 1.03 bits per heavy atom. The number of rotatable bonds is 5. The number of carbonyl (C=O) groups is 2. The zero-order valence-corrected chi connectivity index (χ0v) is 17.8. The van der Waals surface area contributed by atoms with Crippen molar-refractivity contribution in [3.05, 3.63) is 93.7 Å². The Hall–Kier alpha value is -3.94. The quantitative estimate of drug-likeness (QED) is 0.641. The molecule has 8 heteroatoms. The van der Waals surface area contributed by atoms with Gasteiger partial charge in [-0.2, -0.15) is 4.98 Å². The standard InChI is InChI=1S/C24H24N4O4/c1-14(2)27-13-17(18(15-9-5-3-6-10-15)16-11-7-4-8-12-16)28-19(24(27)32)20(29)23(31)26-22(28)21(25)30/h3-12,14,17-18,29H,13H2,1-2H3,(H2,25,30)/t17-/m1/s1. The van der Waals surface area contributed by atoms with Gasteiger partial charge in [-0.3, -0.25) is 14.4 Å². The average molecular weight is 432 g/mol. The summed E-state index contributed by atoms with van der Waals surface area (Å²) in [5, 5.41) is 10.6. The summed E-state index contributed by atoms with van der Waals surface area (Å²) in [6.07, 6.45) is 0. The lowest BCUT2D eigenvalue weighted by Crippen LogP contribution is -2.50. The fourth-order valence-corrected chi connectivity index (χ4v) is 4.38. The summed E-state index contributed by atoms with van der Waals surface area (Å²) in [5.74, 6) is -2.93. The van der Waals surface area contributed by atoms with Gasteiger partial charge in [-0.25, -0.2) is 0 Å².